The van der Waals surface area contributed by atoms with Gasteiger partial charge in [-0.25, -0.2) is 4.39 Å². The van der Waals surface area contributed by atoms with Crippen molar-refractivity contribution in [3.05, 3.63) is 63.7 Å². The van der Waals surface area contributed by atoms with Gasteiger partial charge in [-0.05, 0) is 11.6 Å². The van der Waals surface area contributed by atoms with Crippen LogP contribution in [0, 0.1) is 28.5 Å². The molecule has 24 heavy (non-hydrogen) atoms. The normalized spacial score (nSPS) is 9.96. The Bertz CT molecular complexity index is 935. The molecule has 6 nitrogen and oxygen atoms in total. The van der Waals surface area contributed by atoms with Gasteiger partial charge in [-0.15, -0.1) is 6.58 Å². The van der Waals surface area contributed by atoms with Gasteiger partial charge < -0.3 is 15.5 Å². The van der Waals surface area contributed by atoms with Gasteiger partial charge in [-0.2, -0.15) is 10.5 Å². The molecule has 0 atom stereocenters. The van der Waals surface area contributed by atoms with E-state index < -0.39 is 11.4 Å². The van der Waals surface area contributed by atoms with Gasteiger partial charge in [0.2, 0.25) is 0 Å². The van der Waals surface area contributed by atoms with E-state index in [1.165, 1.54) is 12.1 Å². The number of nitrogen functional groups attached to an aromatic ring is 1. The molecule has 7 heteroatoms. The van der Waals surface area contributed by atoms with Crippen molar-refractivity contribution in [3.8, 4) is 23.3 Å². The molecule has 0 fully saturated rings. The minimum Gasteiger partial charge on any atom is -0.384 e. The second-order valence-corrected chi connectivity index (χ2v) is 4.83. The van der Waals surface area contributed by atoms with Gasteiger partial charge in [-0.1, -0.05) is 18.2 Å². The smallest absolute Gasteiger partial charge is 0.268 e. The molecule has 0 saturated heterocycles. The van der Waals surface area contributed by atoms with Crippen molar-refractivity contribution < 1.29 is 9.13 Å². The van der Waals surface area contributed by atoms with Crippen LogP contribution >= 0.6 is 0 Å². The number of nitrogens with zero attached hydrogens (tertiary/aromatic N) is 2. The highest BCUT2D eigenvalue weighted by atomic mass is 19.1. The van der Waals surface area contributed by atoms with Crippen LogP contribution in [0.15, 0.2) is 35.6 Å². The van der Waals surface area contributed by atoms with Crippen molar-refractivity contribution in [2.75, 3.05) is 12.3 Å². The maximum Gasteiger partial charge on any atom is 0.268 e. The van der Waals surface area contributed by atoms with Crippen LogP contribution in [0.5, 0.6) is 0 Å². The average Bonchev–Trinajstić information content (AvgIpc) is 2.56. The van der Waals surface area contributed by atoms with Crippen LogP contribution in [0.4, 0.5) is 10.2 Å². The van der Waals surface area contributed by atoms with Gasteiger partial charge in [0.1, 0.15) is 34.9 Å². The highest BCUT2D eigenvalue weighted by molar-refractivity contribution is 5.80. The summed E-state index contributed by atoms with van der Waals surface area (Å²) in [6.07, 6.45) is 1.55. The number of anilines is 1. The minimum atomic E-state index is -0.734. The Kier molecular flexibility index (Phi) is 5.10. The molecule has 0 bridgehead atoms. The summed E-state index contributed by atoms with van der Waals surface area (Å²) in [6.45, 7) is 3.83. The molecule has 2 rings (SSSR count). The third-order valence-electron chi connectivity index (χ3n) is 3.30. The summed E-state index contributed by atoms with van der Waals surface area (Å²) >= 11 is 0. The van der Waals surface area contributed by atoms with Crippen molar-refractivity contribution >= 4 is 5.82 Å². The fourth-order valence-electron chi connectivity index (χ4n) is 2.20. The van der Waals surface area contributed by atoms with Crippen LogP contribution < -0.4 is 11.3 Å². The highest BCUT2D eigenvalue weighted by Gasteiger charge is 2.19. The van der Waals surface area contributed by atoms with Crippen LogP contribution in [0.1, 0.15) is 16.7 Å². The SMILES string of the molecule is C=CCOCc1ccc(-c2c(C#N)c(N)[nH]c(=O)c2C#N)cc1F. The molecule has 0 aliphatic heterocycles. The molecule has 0 aliphatic carbocycles. The maximum atomic E-state index is 14.2. The summed E-state index contributed by atoms with van der Waals surface area (Å²) in [5.74, 6) is -0.751. The Morgan fingerprint density at radius 3 is 2.62 bits per heavy atom. The molecule has 2 aromatic rings. The summed E-state index contributed by atoms with van der Waals surface area (Å²) in [5.41, 5.74) is 5.05. The molecule has 0 amide bonds. The predicted molar refractivity (Wildman–Crippen MR) is 86.2 cm³/mol. The predicted octanol–water partition coefficient (Wildman–Crippen LogP) is 2.21. The topological polar surface area (TPSA) is 116 Å². The third kappa shape index (κ3) is 3.17. The quantitative estimate of drug-likeness (QED) is 0.646. The summed E-state index contributed by atoms with van der Waals surface area (Å²) in [5, 5.41) is 18.4. The van der Waals surface area contributed by atoms with E-state index in [2.05, 4.69) is 11.6 Å². The van der Waals surface area contributed by atoms with Crippen LogP contribution in [0.25, 0.3) is 11.1 Å². The third-order valence-corrected chi connectivity index (χ3v) is 3.30. The lowest BCUT2D eigenvalue weighted by atomic mass is 9.95. The van der Waals surface area contributed by atoms with E-state index in [0.29, 0.717) is 5.56 Å². The van der Waals surface area contributed by atoms with E-state index >= 15 is 0 Å². The Morgan fingerprint density at radius 1 is 1.33 bits per heavy atom. The Labute approximate surface area is 137 Å². The van der Waals surface area contributed by atoms with E-state index in [1.54, 1.807) is 12.1 Å². The summed E-state index contributed by atoms with van der Waals surface area (Å²) in [4.78, 5) is 14.1. The lowest BCUT2D eigenvalue weighted by molar-refractivity contribution is 0.146. The fourth-order valence-corrected chi connectivity index (χ4v) is 2.20. The minimum absolute atomic E-state index is 0.0127. The van der Waals surface area contributed by atoms with Crippen molar-refractivity contribution in [1.82, 2.24) is 4.98 Å². The lowest BCUT2D eigenvalue weighted by Crippen LogP contribution is -2.16. The number of nitrogens with two attached hydrogens (primary N) is 1. The first-order chi connectivity index (χ1) is 11.5. The van der Waals surface area contributed by atoms with E-state index in [9.17, 15) is 19.7 Å². The number of nitrogens with one attached hydrogen (secondary N) is 1. The van der Waals surface area contributed by atoms with Crippen molar-refractivity contribution in [1.29, 1.82) is 10.5 Å². The van der Waals surface area contributed by atoms with Gasteiger partial charge in [0, 0.05) is 11.1 Å². The first-order valence-electron chi connectivity index (χ1n) is 6.86. The van der Waals surface area contributed by atoms with Gasteiger partial charge in [-0.3, -0.25) is 4.79 Å². The number of rotatable bonds is 5. The van der Waals surface area contributed by atoms with Crippen LogP contribution in [-0.4, -0.2) is 11.6 Å². The number of aromatic nitrogens is 1. The van der Waals surface area contributed by atoms with Crippen LogP contribution in [-0.2, 0) is 11.3 Å². The number of benzene rings is 1. The lowest BCUT2D eigenvalue weighted by Gasteiger charge is -2.10. The Hall–Kier alpha value is -3.42. The molecule has 0 spiro atoms. The molecule has 0 unspecified atom stereocenters. The van der Waals surface area contributed by atoms with E-state index in [-0.39, 0.29) is 41.3 Å². The molecule has 0 saturated carbocycles. The molecule has 1 heterocycles. The first kappa shape index (κ1) is 16.9. The van der Waals surface area contributed by atoms with Crippen molar-refractivity contribution in [2.24, 2.45) is 0 Å². The number of H-pyrrole nitrogens is 1. The largest absolute Gasteiger partial charge is 0.384 e. The second-order valence-electron chi connectivity index (χ2n) is 4.83. The van der Waals surface area contributed by atoms with Crippen molar-refractivity contribution in [2.45, 2.75) is 6.61 Å². The zero-order chi connectivity index (χ0) is 17.7. The van der Waals surface area contributed by atoms with E-state index in [4.69, 9.17) is 10.5 Å². The second kappa shape index (κ2) is 7.23. The summed E-state index contributed by atoms with van der Waals surface area (Å²) in [6, 6.07) is 7.68. The molecule has 0 radical (unpaired) electrons. The zero-order valence-corrected chi connectivity index (χ0v) is 12.6. The average molecular weight is 324 g/mol. The molecule has 1 aromatic heterocycles. The molecular weight excluding hydrogens is 311 g/mol. The fraction of sp³-hybridized carbons (Fsp3) is 0.118. The first-order valence-corrected chi connectivity index (χ1v) is 6.86. The van der Waals surface area contributed by atoms with Crippen molar-refractivity contribution in [3.63, 3.8) is 0 Å². The Balaban J connectivity index is 2.59. The molecule has 1 aromatic carbocycles. The van der Waals surface area contributed by atoms with Gasteiger partial charge in [0.05, 0.1) is 13.2 Å². The number of aromatic amines is 1. The molecular formula is C17H13FN4O2. The number of hydrogen-bond donors (Lipinski definition) is 2. The monoisotopic (exact) mass is 324 g/mol. The molecule has 120 valence electrons. The molecule has 3 N–H and O–H groups in total. The van der Waals surface area contributed by atoms with E-state index in [0.717, 1.165) is 6.07 Å². The number of pyridine rings is 1. The van der Waals surface area contributed by atoms with Gasteiger partial charge >= 0.3 is 0 Å². The zero-order valence-electron chi connectivity index (χ0n) is 12.6. The maximum absolute atomic E-state index is 14.2. The highest BCUT2D eigenvalue weighted by Crippen LogP contribution is 2.29. The summed E-state index contributed by atoms with van der Waals surface area (Å²) in [7, 11) is 0. The molecule has 0 aliphatic rings. The van der Waals surface area contributed by atoms with Crippen LogP contribution in [0.2, 0.25) is 0 Å². The number of ether oxygens (including phenoxy) is 1. The van der Waals surface area contributed by atoms with Crippen LogP contribution in [0.3, 0.4) is 0 Å². The Morgan fingerprint density at radius 2 is 2.04 bits per heavy atom. The van der Waals surface area contributed by atoms with Gasteiger partial charge in [0.15, 0.2) is 0 Å². The number of nitriles is 2. The number of hydrogen-bond acceptors (Lipinski definition) is 5. The summed E-state index contributed by atoms with van der Waals surface area (Å²) < 4.78 is 19.4. The van der Waals surface area contributed by atoms with E-state index in [1.807, 2.05) is 6.07 Å². The number of halogens is 1. The standard InChI is InChI=1S/C17H13FN4O2/c1-2-5-24-9-11-4-3-10(6-14(11)18)15-12(7-19)16(21)22-17(23)13(15)8-20/h2-4,6H,1,5,9H2,(H3,21,22,23). The van der Waals surface area contributed by atoms with Gasteiger partial charge in [0.25, 0.3) is 5.56 Å².